The number of hydrogen-bond donors (Lipinski definition) is 0. The average molecular weight is 405 g/mol. The van der Waals surface area contributed by atoms with Crippen LogP contribution in [0, 0.1) is 0 Å². The number of benzene rings is 2. The van der Waals surface area contributed by atoms with Gasteiger partial charge < -0.3 is 9.47 Å². The molecule has 0 N–H and O–H groups in total. The van der Waals surface area contributed by atoms with Crippen molar-refractivity contribution < 1.29 is 23.9 Å². The Labute approximate surface area is 154 Å². The van der Waals surface area contributed by atoms with Gasteiger partial charge in [0.25, 0.3) is 0 Å². The Morgan fingerprint density at radius 3 is 2.40 bits per heavy atom. The molecule has 1 atom stereocenters. The maximum absolute atomic E-state index is 12.4. The summed E-state index contributed by atoms with van der Waals surface area (Å²) in [6, 6.07) is 15.0. The van der Waals surface area contributed by atoms with Crippen molar-refractivity contribution >= 4 is 33.8 Å². The Bertz CT molecular complexity index is 757. The van der Waals surface area contributed by atoms with Gasteiger partial charge in [0.15, 0.2) is 0 Å². The quantitative estimate of drug-likeness (QED) is 0.532. The Balaban J connectivity index is 2.21. The van der Waals surface area contributed by atoms with E-state index in [0.29, 0.717) is 16.5 Å². The van der Waals surface area contributed by atoms with E-state index in [9.17, 15) is 14.4 Å². The predicted octanol–water partition coefficient (Wildman–Crippen LogP) is 4.22. The third-order valence-electron chi connectivity index (χ3n) is 3.27. The van der Waals surface area contributed by atoms with E-state index in [1.165, 1.54) is 0 Å². The van der Waals surface area contributed by atoms with Crippen molar-refractivity contribution in [2.75, 3.05) is 0 Å². The molecule has 2 aromatic carbocycles. The standard InChI is InChI=1S/C19H17BrO5/c1-2-7-16(21)24-19(23)17(13-8-4-3-5-9-13)25-18(22)14-10-6-11-15(20)12-14/h3-6,8-12,17H,2,7H2,1H3. The fraction of sp³-hybridized carbons (Fsp3) is 0.211. The topological polar surface area (TPSA) is 69.7 Å². The third kappa shape index (κ3) is 5.53. The van der Waals surface area contributed by atoms with E-state index >= 15 is 0 Å². The molecule has 0 heterocycles. The average Bonchev–Trinajstić information content (AvgIpc) is 2.60. The zero-order valence-corrected chi connectivity index (χ0v) is 15.2. The first kappa shape index (κ1) is 18.9. The SMILES string of the molecule is CCCC(=O)OC(=O)C(OC(=O)c1cccc(Br)c1)c1ccccc1. The highest BCUT2D eigenvalue weighted by molar-refractivity contribution is 9.10. The second-order valence-corrected chi connectivity index (χ2v) is 6.17. The second-order valence-electron chi connectivity index (χ2n) is 5.25. The zero-order chi connectivity index (χ0) is 18.2. The van der Waals surface area contributed by atoms with Crippen LogP contribution in [-0.4, -0.2) is 17.9 Å². The molecule has 0 aliphatic heterocycles. The molecule has 0 aliphatic carbocycles. The molecular formula is C19H17BrO5. The Hall–Kier alpha value is -2.47. The number of hydrogen-bond acceptors (Lipinski definition) is 5. The fourth-order valence-electron chi connectivity index (χ4n) is 2.09. The van der Waals surface area contributed by atoms with Crippen LogP contribution in [0.2, 0.25) is 0 Å². The van der Waals surface area contributed by atoms with Crippen LogP contribution in [0.5, 0.6) is 0 Å². The highest BCUT2D eigenvalue weighted by Gasteiger charge is 2.29. The number of carbonyl (C=O) groups is 3. The molecule has 6 heteroatoms. The van der Waals surface area contributed by atoms with Crippen molar-refractivity contribution in [3.05, 3.63) is 70.2 Å². The molecule has 0 radical (unpaired) electrons. The van der Waals surface area contributed by atoms with Crippen molar-refractivity contribution in [1.82, 2.24) is 0 Å². The van der Waals surface area contributed by atoms with Gasteiger partial charge in [-0.2, -0.15) is 0 Å². The van der Waals surface area contributed by atoms with E-state index in [1.54, 1.807) is 61.5 Å². The van der Waals surface area contributed by atoms with Crippen LogP contribution < -0.4 is 0 Å². The summed E-state index contributed by atoms with van der Waals surface area (Å²) in [5.74, 6) is -2.24. The molecule has 1 unspecified atom stereocenters. The molecule has 2 aromatic rings. The lowest BCUT2D eigenvalue weighted by Crippen LogP contribution is -2.24. The molecule has 0 amide bonds. The molecule has 0 bridgehead atoms. The monoisotopic (exact) mass is 404 g/mol. The zero-order valence-electron chi connectivity index (χ0n) is 13.6. The molecule has 0 spiro atoms. The van der Waals surface area contributed by atoms with Crippen LogP contribution in [0.15, 0.2) is 59.1 Å². The lowest BCUT2D eigenvalue weighted by Gasteiger charge is -2.16. The molecule has 0 saturated carbocycles. The van der Waals surface area contributed by atoms with E-state index in [0.717, 1.165) is 0 Å². The molecular weight excluding hydrogens is 388 g/mol. The van der Waals surface area contributed by atoms with Crippen molar-refractivity contribution in [3.8, 4) is 0 Å². The first-order valence-electron chi connectivity index (χ1n) is 7.77. The fourth-order valence-corrected chi connectivity index (χ4v) is 2.49. The Morgan fingerprint density at radius 1 is 1.04 bits per heavy atom. The van der Waals surface area contributed by atoms with Gasteiger partial charge in [-0.25, -0.2) is 9.59 Å². The minimum absolute atomic E-state index is 0.118. The van der Waals surface area contributed by atoms with E-state index in [-0.39, 0.29) is 12.0 Å². The summed E-state index contributed by atoms with van der Waals surface area (Å²) in [6.07, 6.45) is -0.638. The summed E-state index contributed by atoms with van der Waals surface area (Å²) < 4.78 is 10.8. The van der Waals surface area contributed by atoms with Gasteiger partial charge >= 0.3 is 17.9 Å². The van der Waals surface area contributed by atoms with E-state index in [1.807, 2.05) is 0 Å². The largest absolute Gasteiger partial charge is 0.442 e. The van der Waals surface area contributed by atoms with Gasteiger partial charge in [0.1, 0.15) is 0 Å². The van der Waals surface area contributed by atoms with Crippen LogP contribution in [0.4, 0.5) is 0 Å². The van der Waals surface area contributed by atoms with Gasteiger partial charge in [-0.15, -0.1) is 0 Å². The Kier molecular flexibility index (Phi) is 6.89. The Morgan fingerprint density at radius 2 is 1.76 bits per heavy atom. The number of halogens is 1. The highest BCUT2D eigenvalue weighted by Crippen LogP contribution is 2.22. The van der Waals surface area contributed by atoms with Crippen LogP contribution in [0.1, 0.15) is 41.8 Å². The van der Waals surface area contributed by atoms with Crippen LogP contribution >= 0.6 is 15.9 Å². The first-order chi connectivity index (χ1) is 12.0. The van der Waals surface area contributed by atoms with Crippen LogP contribution in [0.3, 0.4) is 0 Å². The molecule has 0 saturated heterocycles. The minimum atomic E-state index is -1.31. The normalized spacial score (nSPS) is 11.4. The molecule has 0 aliphatic rings. The van der Waals surface area contributed by atoms with E-state index < -0.39 is 24.0 Å². The molecule has 130 valence electrons. The van der Waals surface area contributed by atoms with E-state index in [2.05, 4.69) is 15.9 Å². The van der Waals surface area contributed by atoms with Crippen molar-refractivity contribution in [2.24, 2.45) is 0 Å². The molecule has 25 heavy (non-hydrogen) atoms. The third-order valence-corrected chi connectivity index (χ3v) is 3.76. The summed E-state index contributed by atoms with van der Waals surface area (Å²) in [4.78, 5) is 36.3. The van der Waals surface area contributed by atoms with Gasteiger partial charge in [0, 0.05) is 16.5 Å². The van der Waals surface area contributed by atoms with E-state index in [4.69, 9.17) is 9.47 Å². The number of rotatable bonds is 6. The number of carbonyl (C=O) groups excluding carboxylic acids is 3. The minimum Gasteiger partial charge on any atom is -0.442 e. The maximum atomic E-state index is 12.4. The maximum Gasteiger partial charge on any atom is 0.359 e. The smallest absolute Gasteiger partial charge is 0.359 e. The summed E-state index contributed by atoms with van der Waals surface area (Å²) in [5.41, 5.74) is 0.711. The summed E-state index contributed by atoms with van der Waals surface area (Å²) in [5, 5.41) is 0. The molecule has 5 nitrogen and oxygen atoms in total. The molecule has 0 fully saturated rings. The highest BCUT2D eigenvalue weighted by atomic mass is 79.9. The predicted molar refractivity (Wildman–Crippen MR) is 94.7 cm³/mol. The lowest BCUT2D eigenvalue weighted by atomic mass is 10.1. The van der Waals surface area contributed by atoms with Gasteiger partial charge in [-0.1, -0.05) is 59.3 Å². The summed E-state index contributed by atoms with van der Waals surface area (Å²) in [7, 11) is 0. The van der Waals surface area contributed by atoms with Crippen molar-refractivity contribution in [3.63, 3.8) is 0 Å². The summed E-state index contributed by atoms with van der Waals surface area (Å²) >= 11 is 3.28. The van der Waals surface area contributed by atoms with Gasteiger partial charge in [0.05, 0.1) is 5.56 Å². The second kappa shape index (κ2) is 9.13. The van der Waals surface area contributed by atoms with Crippen LogP contribution in [-0.2, 0) is 19.1 Å². The van der Waals surface area contributed by atoms with Gasteiger partial charge in [-0.3, -0.25) is 4.79 Å². The molecule has 2 rings (SSSR count). The van der Waals surface area contributed by atoms with Crippen molar-refractivity contribution in [2.45, 2.75) is 25.9 Å². The van der Waals surface area contributed by atoms with Gasteiger partial charge in [-0.05, 0) is 24.6 Å². The number of ether oxygens (including phenoxy) is 2. The lowest BCUT2D eigenvalue weighted by molar-refractivity contribution is -0.166. The molecule has 0 aromatic heterocycles. The summed E-state index contributed by atoms with van der Waals surface area (Å²) in [6.45, 7) is 1.80. The first-order valence-corrected chi connectivity index (χ1v) is 8.56. The van der Waals surface area contributed by atoms with Gasteiger partial charge in [0.2, 0.25) is 6.10 Å². The van der Waals surface area contributed by atoms with Crippen LogP contribution in [0.25, 0.3) is 0 Å². The van der Waals surface area contributed by atoms with Crippen molar-refractivity contribution in [1.29, 1.82) is 0 Å². The number of esters is 3.